The lowest BCUT2D eigenvalue weighted by Crippen LogP contribution is -2.52. The molecule has 0 spiro atoms. The van der Waals surface area contributed by atoms with Crippen LogP contribution in [0.15, 0.2) is 59.5 Å². The Kier molecular flexibility index (Phi) is 13.9. The van der Waals surface area contributed by atoms with Crippen molar-refractivity contribution in [3.63, 3.8) is 0 Å². The second-order valence-corrected chi connectivity index (χ2v) is 17.0. The lowest BCUT2D eigenvalue weighted by molar-refractivity contribution is -0.140. The molecule has 5 rings (SSSR count). The molecule has 3 amide bonds. The van der Waals surface area contributed by atoms with E-state index in [9.17, 15) is 27.9 Å². The minimum Gasteiger partial charge on any atom is -0.443 e. The number of carbonyl (C=O) groups excluding carboxylic acids is 3. The summed E-state index contributed by atoms with van der Waals surface area (Å²) in [6, 6.07) is 13.4. The molecule has 5 N–H and O–H groups in total. The fourth-order valence-corrected chi connectivity index (χ4v) is 8.67. The molecule has 15 heteroatoms. The average molecular weight is 758 g/mol. The van der Waals surface area contributed by atoms with Crippen molar-refractivity contribution in [1.82, 2.24) is 19.8 Å². The van der Waals surface area contributed by atoms with Crippen molar-refractivity contribution in [1.29, 1.82) is 0 Å². The van der Waals surface area contributed by atoms with Crippen LogP contribution in [0.5, 0.6) is 0 Å². The Bertz CT molecular complexity index is 1640. The number of hydrogen-bond donors (Lipinski definition) is 4. The molecule has 3 fully saturated rings. The standard InChI is InChI=1S/C38H55N5O9S/c1-24(2)21-42(22-32(44)30(19-26-9-6-5-7-10-26)41-38(47)52-33-23-51-37-29(33)16-18-50-37)53(48,49)28-14-12-27(13-15-28)20-40-35(45)31-11-8-17-43(31)36(46)34(39)25(3)4/h5-7,9-10,12-15,24-25,29-34,37,44H,8,11,16-23,39H2,1-4H3,(H,40,45)(H,41,47)/t29-,30-,31-,32+,33?,34-,37+/m0/s1. The molecule has 0 aromatic heterocycles. The van der Waals surface area contributed by atoms with Crippen LogP contribution < -0.4 is 16.4 Å². The molecular formula is C38H55N5O9S. The summed E-state index contributed by atoms with van der Waals surface area (Å²) >= 11 is 0. The van der Waals surface area contributed by atoms with E-state index in [0.29, 0.717) is 38.0 Å². The fraction of sp³-hybridized carbons (Fsp3) is 0.605. The van der Waals surface area contributed by atoms with E-state index in [1.54, 1.807) is 17.0 Å². The summed E-state index contributed by atoms with van der Waals surface area (Å²) < 4.78 is 46.2. The number of fused-ring (bicyclic) bond motifs is 1. The summed E-state index contributed by atoms with van der Waals surface area (Å²) in [5.74, 6) is -0.697. The highest BCUT2D eigenvalue weighted by Crippen LogP contribution is 2.33. The minimum absolute atomic E-state index is 0.0252. The molecule has 2 aromatic rings. The first-order valence-electron chi connectivity index (χ1n) is 18.6. The third-order valence-electron chi connectivity index (χ3n) is 10.1. The number of ether oxygens (including phenoxy) is 3. The molecule has 2 aromatic carbocycles. The zero-order chi connectivity index (χ0) is 38.3. The van der Waals surface area contributed by atoms with Crippen LogP contribution in [0.1, 0.15) is 58.1 Å². The number of nitrogens with zero attached hydrogens (tertiary/aromatic N) is 2. The summed E-state index contributed by atoms with van der Waals surface area (Å²) in [6.07, 6.45) is -0.679. The Balaban J connectivity index is 1.24. The van der Waals surface area contributed by atoms with Gasteiger partial charge in [-0.3, -0.25) is 9.59 Å². The number of aliphatic hydroxyl groups is 1. The van der Waals surface area contributed by atoms with Crippen molar-refractivity contribution < 1.29 is 42.1 Å². The molecule has 1 unspecified atom stereocenters. The van der Waals surface area contributed by atoms with Crippen LogP contribution in [-0.4, -0.2) is 110 Å². The number of benzene rings is 2. The molecule has 292 valence electrons. The Labute approximate surface area is 312 Å². The number of rotatable bonds is 16. The molecular weight excluding hydrogens is 703 g/mol. The quantitative estimate of drug-likeness (QED) is 0.198. The van der Waals surface area contributed by atoms with Crippen molar-refractivity contribution >= 4 is 27.9 Å². The number of hydrogen-bond acceptors (Lipinski definition) is 10. The van der Waals surface area contributed by atoms with Crippen LogP contribution in [0.25, 0.3) is 0 Å². The molecule has 0 saturated carbocycles. The van der Waals surface area contributed by atoms with Crippen molar-refractivity contribution in [2.24, 2.45) is 23.5 Å². The third-order valence-corrected chi connectivity index (χ3v) is 12.0. The Morgan fingerprint density at radius 3 is 2.40 bits per heavy atom. The van der Waals surface area contributed by atoms with E-state index in [2.05, 4.69) is 10.6 Å². The fourth-order valence-electron chi connectivity index (χ4n) is 7.05. The van der Waals surface area contributed by atoms with Gasteiger partial charge in [-0.15, -0.1) is 0 Å². The molecule has 7 atom stereocenters. The summed E-state index contributed by atoms with van der Waals surface area (Å²) in [4.78, 5) is 40.7. The van der Waals surface area contributed by atoms with Gasteiger partial charge in [0.05, 0.1) is 42.2 Å². The highest BCUT2D eigenvalue weighted by atomic mass is 32.2. The van der Waals surface area contributed by atoms with E-state index in [-0.39, 0.29) is 67.1 Å². The van der Waals surface area contributed by atoms with Gasteiger partial charge in [0.1, 0.15) is 12.1 Å². The molecule has 0 aliphatic carbocycles. The first-order valence-corrected chi connectivity index (χ1v) is 20.0. The van der Waals surface area contributed by atoms with Crippen molar-refractivity contribution in [3.05, 3.63) is 65.7 Å². The Morgan fingerprint density at radius 2 is 1.72 bits per heavy atom. The van der Waals surface area contributed by atoms with Crippen LogP contribution >= 0.6 is 0 Å². The Hall–Kier alpha value is -3.60. The number of likely N-dealkylation sites (tertiary alicyclic amines) is 1. The number of carbonyl (C=O) groups is 3. The number of nitrogens with one attached hydrogen (secondary N) is 2. The van der Waals surface area contributed by atoms with E-state index >= 15 is 0 Å². The van der Waals surface area contributed by atoms with Crippen LogP contribution in [-0.2, 0) is 46.8 Å². The molecule has 3 heterocycles. The van der Waals surface area contributed by atoms with Gasteiger partial charge in [0.2, 0.25) is 21.8 Å². The zero-order valence-corrected chi connectivity index (χ0v) is 31.9. The number of sulfonamides is 1. The number of amides is 3. The molecule has 53 heavy (non-hydrogen) atoms. The largest absolute Gasteiger partial charge is 0.443 e. The number of aliphatic hydroxyl groups excluding tert-OH is 1. The predicted molar refractivity (Wildman–Crippen MR) is 197 cm³/mol. The van der Waals surface area contributed by atoms with Crippen LogP contribution in [0.2, 0.25) is 0 Å². The minimum atomic E-state index is -4.09. The van der Waals surface area contributed by atoms with Gasteiger partial charge in [0, 0.05) is 26.2 Å². The smallest absolute Gasteiger partial charge is 0.407 e. The Morgan fingerprint density at radius 1 is 1.00 bits per heavy atom. The van der Waals surface area contributed by atoms with E-state index in [1.165, 1.54) is 16.4 Å². The molecule has 14 nitrogen and oxygen atoms in total. The highest BCUT2D eigenvalue weighted by Gasteiger charge is 2.44. The second-order valence-electron chi connectivity index (χ2n) is 15.0. The van der Waals surface area contributed by atoms with Gasteiger partial charge in [-0.25, -0.2) is 13.2 Å². The first kappa shape index (κ1) is 40.6. The maximum absolute atomic E-state index is 14.1. The van der Waals surface area contributed by atoms with Gasteiger partial charge in [-0.2, -0.15) is 4.31 Å². The van der Waals surface area contributed by atoms with Crippen molar-refractivity contribution in [3.8, 4) is 0 Å². The van der Waals surface area contributed by atoms with Crippen LogP contribution in [0.3, 0.4) is 0 Å². The topological polar surface area (TPSA) is 190 Å². The van der Waals surface area contributed by atoms with E-state index < -0.39 is 52.7 Å². The summed E-state index contributed by atoms with van der Waals surface area (Å²) in [5.41, 5.74) is 7.60. The summed E-state index contributed by atoms with van der Waals surface area (Å²) in [7, 11) is -4.09. The molecule has 0 bridgehead atoms. The second kappa shape index (κ2) is 18.2. The van der Waals surface area contributed by atoms with Gasteiger partial charge < -0.3 is 40.6 Å². The van der Waals surface area contributed by atoms with Crippen molar-refractivity contribution in [2.75, 3.05) is 32.8 Å². The lowest BCUT2D eigenvalue weighted by Gasteiger charge is -2.31. The van der Waals surface area contributed by atoms with Gasteiger partial charge in [-0.05, 0) is 60.8 Å². The van der Waals surface area contributed by atoms with E-state index in [4.69, 9.17) is 19.9 Å². The number of alkyl carbamates (subject to hydrolysis) is 1. The van der Waals surface area contributed by atoms with Gasteiger partial charge in [0.25, 0.3) is 0 Å². The molecule has 3 aliphatic rings. The first-order chi connectivity index (χ1) is 25.2. The SMILES string of the molecule is CC(C)CN(C[C@@H](O)[C@H](Cc1ccccc1)NC(=O)OC1CO[C@H]2OCC[C@@H]12)S(=O)(=O)c1ccc(CNC(=O)[C@@H]2CCCN2C(=O)[C@@H](N)C(C)C)cc1. The molecule has 0 radical (unpaired) electrons. The maximum atomic E-state index is 14.1. The normalized spacial score (nSPS) is 23.2. The van der Waals surface area contributed by atoms with Crippen LogP contribution in [0.4, 0.5) is 4.79 Å². The third kappa shape index (κ3) is 10.3. The maximum Gasteiger partial charge on any atom is 0.407 e. The number of nitrogens with two attached hydrogens (primary N) is 1. The van der Waals surface area contributed by atoms with Crippen LogP contribution in [0, 0.1) is 17.8 Å². The monoisotopic (exact) mass is 757 g/mol. The van der Waals surface area contributed by atoms with Gasteiger partial charge in [-0.1, -0.05) is 70.2 Å². The molecule has 3 saturated heterocycles. The zero-order valence-electron chi connectivity index (χ0n) is 31.1. The summed E-state index contributed by atoms with van der Waals surface area (Å²) in [6.45, 7) is 8.72. The summed E-state index contributed by atoms with van der Waals surface area (Å²) in [5, 5.41) is 17.3. The van der Waals surface area contributed by atoms with Crippen molar-refractivity contribution in [2.45, 2.75) is 101 Å². The van der Waals surface area contributed by atoms with E-state index in [0.717, 1.165) is 5.56 Å². The lowest BCUT2D eigenvalue weighted by atomic mass is 10.0. The van der Waals surface area contributed by atoms with Gasteiger partial charge in [0.15, 0.2) is 6.29 Å². The highest BCUT2D eigenvalue weighted by molar-refractivity contribution is 7.89. The molecule has 3 aliphatic heterocycles. The predicted octanol–water partition coefficient (Wildman–Crippen LogP) is 2.38. The van der Waals surface area contributed by atoms with E-state index in [1.807, 2.05) is 58.0 Å². The van der Waals surface area contributed by atoms with Gasteiger partial charge >= 0.3 is 6.09 Å². The average Bonchev–Trinajstić information content (AvgIpc) is 3.89.